The van der Waals surface area contributed by atoms with E-state index in [9.17, 15) is 22.4 Å². The molecule has 0 fully saturated rings. The Morgan fingerprint density at radius 1 is 1.12 bits per heavy atom. The quantitative estimate of drug-likeness (QED) is 0.646. The standard InChI is InChI=1S/C15H10F4N2O4/c16-14(17)23-8-2-3-9(20)10(6-8)21-13(22)7-1-4-11-12(5-7)25-15(18,19)24-11/h1-6,14H,20H2,(H,21,22). The number of nitrogens with two attached hydrogens (primary N) is 1. The molecule has 3 rings (SSSR count). The molecule has 0 saturated carbocycles. The number of anilines is 2. The van der Waals surface area contributed by atoms with Crippen molar-refractivity contribution >= 4 is 17.3 Å². The normalized spacial score (nSPS) is 14.4. The Labute approximate surface area is 138 Å². The van der Waals surface area contributed by atoms with Crippen molar-refractivity contribution in [3.05, 3.63) is 42.0 Å². The van der Waals surface area contributed by atoms with Gasteiger partial charge in [0, 0.05) is 11.6 Å². The lowest BCUT2D eigenvalue weighted by atomic mass is 10.1. The van der Waals surface area contributed by atoms with E-state index in [-0.39, 0.29) is 34.2 Å². The molecule has 1 aliphatic rings. The van der Waals surface area contributed by atoms with Gasteiger partial charge in [0.2, 0.25) is 0 Å². The molecule has 6 nitrogen and oxygen atoms in total. The van der Waals surface area contributed by atoms with Gasteiger partial charge in [0.05, 0.1) is 11.4 Å². The molecule has 1 aliphatic heterocycles. The lowest BCUT2D eigenvalue weighted by Gasteiger charge is -2.11. The second-order valence-electron chi connectivity index (χ2n) is 4.91. The van der Waals surface area contributed by atoms with Crippen LogP contribution in [-0.4, -0.2) is 18.8 Å². The van der Waals surface area contributed by atoms with E-state index in [1.165, 1.54) is 18.2 Å². The molecule has 0 saturated heterocycles. The number of benzene rings is 2. The van der Waals surface area contributed by atoms with Crippen molar-refractivity contribution < 1.29 is 36.6 Å². The minimum Gasteiger partial charge on any atom is -0.435 e. The van der Waals surface area contributed by atoms with E-state index in [0.717, 1.165) is 18.2 Å². The third kappa shape index (κ3) is 3.67. The maximum atomic E-state index is 13.0. The molecule has 132 valence electrons. The summed E-state index contributed by atoms with van der Waals surface area (Å²) in [6, 6.07) is 7.02. The van der Waals surface area contributed by atoms with Crippen LogP contribution in [0.1, 0.15) is 10.4 Å². The molecule has 3 N–H and O–H groups in total. The molecule has 2 aromatic carbocycles. The van der Waals surface area contributed by atoms with Gasteiger partial charge < -0.3 is 25.3 Å². The van der Waals surface area contributed by atoms with Crippen LogP contribution in [0.5, 0.6) is 17.2 Å². The second kappa shape index (κ2) is 6.04. The number of alkyl halides is 4. The molecular formula is C15H10F4N2O4. The van der Waals surface area contributed by atoms with Crippen molar-refractivity contribution in [3.63, 3.8) is 0 Å². The summed E-state index contributed by atoms with van der Waals surface area (Å²) in [6.07, 6.45) is -3.80. The Balaban J connectivity index is 1.79. The third-order valence-electron chi connectivity index (χ3n) is 3.16. The molecule has 0 bridgehead atoms. The van der Waals surface area contributed by atoms with Crippen LogP contribution in [0.2, 0.25) is 0 Å². The van der Waals surface area contributed by atoms with E-state index in [0.29, 0.717) is 0 Å². The predicted octanol–water partition coefficient (Wildman–Crippen LogP) is 3.44. The lowest BCUT2D eigenvalue weighted by molar-refractivity contribution is -0.286. The Hall–Kier alpha value is -3.17. The molecule has 0 radical (unpaired) electrons. The zero-order chi connectivity index (χ0) is 18.2. The summed E-state index contributed by atoms with van der Waals surface area (Å²) in [6.45, 7) is -3.04. The number of hydrogen-bond donors (Lipinski definition) is 2. The molecule has 0 aliphatic carbocycles. The number of amides is 1. The fraction of sp³-hybridized carbons (Fsp3) is 0.133. The summed E-state index contributed by atoms with van der Waals surface area (Å²) in [5.74, 6) is -1.44. The largest absolute Gasteiger partial charge is 0.586 e. The summed E-state index contributed by atoms with van der Waals surface area (Å²) in [7, 11) is 0. The molecule has 0 atom stereocenters. The van der Waals surface area contributed by atoms with E-state index < -0.39 is 18.8 Å². The number of hydrogen-bond acceptors (Lipinski definition) is 5. The van der Waals surface area contributed by atoms with Crippen LogP contribution in [0.25, 0.3) is 0 Å². The SMILES string of the molecule is Nc1ccc(OC(F)F)cc1NC(=O)c1ccc2c(c1)OC(F)(F)O2. The summed E-state index contributed by atoms with van der Waals surface area (Å²) < 4.78 is 63.2. The smallest absolute Gasteiger partial charge is 0.435 e. The van der Waals surface area contributed by atoms with Crippen LogP contribution in [0, 0.1) is 0 Å². The number of fused-ring (bicyclic) bond motifs is 1. The van der Waals surface area contributed by atoms with Crippen molar-refractivity contribution in [1.29, 1.82) is 0 Å². The van der Waals surface area contributed by atoms with Gasteiger partial charge in [-0.05, 0) is 30.3 Å². The maximum absolute atomic E-state index is 13.0. The molecule has 2 aromatic rings. The van der Waals surface area contributed by atoms with Crippen molar-refractivity contribution in [2.75, 3.05) is 11.1 Å². The van der Waals surface area contributed by atoms with Crippen molar-refractivity contribution in [2.45, 2.75) is 12.9 Å². The van der Waals surface area contributed by atoms with E-state index in [4.69, 9.17) is 5.73 Å². The van der Waals surface area contributed by atoms with Gasteiger partial charge >= 0.3 is 12.9 Å². The lowest BCUT2D eigenvalue weighted by Crippen LogP contribution is -2.25. The van der Waals surface area contributed by atoms with Crippen LogP contribution in [0.4, 0.5) is 28.9 Å². The molecule has 1 heterocycles. The summed E-state index contributed by atoms with van der Waals surface area (Å²) in [5.41, 5.74) is 5.76. The molecule has 25 heavy (non-hydrogen) atoms. The zero-order valence-electron chi connectivity index (χ0n) is 12.3. The topological polar surface area (TPSA) is 82.8 Å². The fourth-order valence-electron chi connectivity index (χ4n) is 2.10. The van der Waals surface area contributed by atoms with Gasteiger partial charge in [0.25, 0.3) is 5.91 Å². The first kappa shape index (κ1) is 16.7. The minimum absolute atomic E-state index is 0.0196. The third-order valence-corrected chi connectivity index (χ3v) is 3.16. The van der Waals surface area contributed by atoms with Gasteiger partial charge in [-0.1, -0.05) is 0 Å². The zero-order valence-corrected chi connectivity index (χ0v) is 12.3. The molecule has 0 spiro atoms. The summed E-state index contributed by atoms with van der Waals surface area (Å²) in [4.78, 5) is 12.2. The van der Waals surface area contributed by atoms with Crippen LogP contribution in [0.15, 0.2) is 36.4 Å². The Bertz CT molecular complexity index is 829. The monoisotopic (exact) mass is 358 g/mol. The number of halogens is 4. The molecule has 0 aromatic heterocycles. The van der Waals surface area contributed by atoms with Gasteiger partial charge in [-0.25, -0.2) is 0 Å². The van der Waals surface area contributed by atoms with Crippen LogP contribution in [-0.2, 0) is 0 Å². The molecular weight excluding hydrogens is 348 g/mol. The Kier molecular flexibility index (Phi) is 4.03. The first-order chi connectivity index (χ1) is 11.7. The first-order valence-electron chi connectivity index (χ1n) is 6.79. The van der Waals surface area contributed by atoms with Gasteiger partial charge in [-0.3, -0.25) is 4.79 Å². The molecule has 1 amide bonds. The van der Waals surface area contributed by atoms with Crippen LogP contribution >= 0.6 is 0 Å². The predicted molar refractivity (Wildman–Crippen MR) is 78.1 cm³/mol. The van der Waals surface area contributed by atoms with Crippen molar-refractivity contribution in [2.24, 2.45) is 0 Å². The highest BCUT2D eigenvalue weighted by Gasteiger charge is 2.43. The number of nitrogens with one attached hydrogen (secondary N) is 1. The van der Waals surface area contributed by atoms with Crippen LogP contribution in [0.3, 0.4) is 0 Å². The number of ether oxygens (including phenoxy) is 3. The van der Waals surface area contributed by atoms with Gasteiger partial charge in [-0.15, -0.1) is 8.78 Å². The number of rotatable bonds is 4. The Morgan fingerprint density at radius 2 is 1.84 bits per heavy atom. The summed E-state index contributed by atoms with van der Waals surface area (Å²) in [5, 5.41) is 2.38. The van der Waals surface area contributed by atoms with E-state index in [1.54, 1.807) is 0 Å². The van der Waals surface area contributed by atoms with Crippen molar-refractivity contribution in [3.8, 4) is 17.2 Å². The highest BCUT2D eigenvalue weighted by molar-refractivity contribution is 6.06. The first-order valence-corrected chi connectivity index (χ1v) is 6.79. The molecule has 10 heteroatoms. The van der Waals surface area contributed by atoms with Gasteiger partial charge in [0.15, 0.2) is 11.5 Å². The van der Waals surface area contributed by atoms with Crippen LogP contribution < -0.4 is 25.3 Å². The number of carbonyl (C=O) groups is 1. The molecule has 0 unspecified atom stereocenters. The van der Waals surface area contributed by atoms with Gasteiger partial charge in [-0.2, -0.15) is 8.78 Å². The van der Waals surface area contributed by atoms with Crippen molar-refractivity contribution in [1.82, 2.24) is 0 Å². The maximum Gasteiger partial charge on any atom is 0.586 e. The highest BCUT2D eigenvalue weighted by Crippen LogP contribution is 2.41. The number of nitrogen functional groups attached to an aromatic ring is 1. The van der Waals surface area contributed by atoms with E-state index in [2.05, 4.69) is 19.5 Å². The average Bonchev–Trinajstić information content (AvgIpc) is 2.82. The number of carbonyl (C=O) groups excluding carboxylic acids is 1. The fourth-order valence-corrected chi connectivity index (χ4v) is 2.10. The highest BCUT2D eigenvalue weighted by atomic mass is 19.3. The van der Waals surface area contributed by atoms with Gasteiger partial charge in [0.1, 0.15) is 5.75 Å². The summed E-state index contributed by atoms with van der Waals surface area (Å²) >= 11 is 0. The van der Waals surface area contributed by atoms with E-state index in [1.807, 2.05) is 0 Å². The second-order valence-corrected chi connectivity index (χ2v) is 4.91. The minimum atomic E-state index is -3.80. The average molecular weight is 358 g/mol. The van der Waals surface area contributed by atoms with E-state index >= 15 is 0 Å². The Morgan fingerprint density at radius 3 is 2.56 bits per heavy atom.